The van der Waals surface area contributed by atoms with Crippen LogP contribution in [0.5, 0.6) is 0 Å². The Kier molecular flexibility index (Phi) is 4.45. The van der Waals surface area contributed by atoms with Crippen molar-refractivity contribution in [1.82, 2.24) is 14.7 Å². The molecule has 0 aliphatic carbocycles. The number of amides is 1. The first-order valence-corrected chi connectivity index (χ1v) is 7.13. The zero-order valence-corrected chi connectivity index (χ0v) is 12.1. The van der Waals surface area contributed by atoms with Gasteiger partial charge >= 0.3 is 0 Å². The lowest BCUT2D eigenvalue weighted by Gasteiger charge is -2.25. The highest BCUT2D eigenvalue weighted by Gasteiger charge is 2.22. The molecule has 0 radical (unpaired) electrons. The molecule has 0 bridgehead atoms. The summed E-state index contributed by atoms with van der Waals surface area (Å²) >= 11 is 0. The van der Waals surface area contributed by atoms with E-state index in [0.717, 1.165) is 37.3 Å². The number of hydrogen-bond acceptors (Lipinski definition) is 3. The van der Waals surface area contributed by atoms with E-state index >= 15 is 0 Å². The van der Waals surface area contributed by atoms with Gasteiger partial charge in [0.25, 0.3) is 0 Å². The molecule has 0 aromatic carbocycles. The molecule has 1 fully saturated rings. The number of rotatable bonds is 3. The first kappa shape index (κ1) is 13.9. The van der Waals surface area contributed by atoms with Crippen molar-refractivity contribution in [2.75, 3.05) is 18.4 Å². The van der Waals surface area contributed by atoms with Crippen LogP contribution in [-0.2, 0) is 11.8 Å². The number of nitrogens with zero attached hydrogens (tertiary/aromatic N) is 3. The van der Waals surface area contributed by atoms with Crippen molar-refractivity contribution in [2.24, 2.45) is 7.05 Å². The van der Waals surface area contributed by atoms with Gasteiger partial charge in [0.2, 0.25) is 5.91 Å². The van der Waals surface area contributed by atoms with Gasteiger partial charge in [0.05, 0.1) is 11.4 Å². The maximum Gasteiger partial charge on any atom is 0.244 e. The molecule has 1 aromatic heterocycles. The number of likely N-dealkylation sites (tertiary alicyclic amines) is 1. The van der Waals surface area contributed by atoms with Crippen molar-refractivity contribution in [3.63, 3.8) is 0 Å². The lowest BCUT2D eigenvalue weighted by atomic mass is 10.2. The van der Waals surface area contributed by atoms with Gasteiger partial charge in [0.1, 0.15) is 6.04 Å². The van der Waals surface area contributed by atoms with Crippen LogP contribution >= 0.6 is 0 Å². The summed E-state index contributed by atoms with van der Waals surface area (Å²) in [7, 11) is 1.89. The Labute approximate surface area is 115 Å². The number of carbonyl (C=O) groups is 1. The lowest BCUT2D eigenvalue weighted by Crippen LogP contribution is -2.41. The van der Waals surface area contributed by atoms with Gasteiger partial charge < -0.3 is 10.2 Å². The summed E-state index contributed by atoms with van der Waals surface area (Å²) in [4.78, 5) is 14.4. The summed E-state index contributed by atoms with van der Waals surface area (Å²) in [5, 5.41) is 7.55. The first-order valence-electron chi connectivity index (χ1n) is 7.13. The van der Waals surface area contributed by atoms with E-state index in [1.54, 1.807) is 4.68 Å². The Hall–Kier alpha value is -1.52. The summed E-state index contributed by atoms with van der Waals surface area (Å²) in [5.74, 6) is 0.199. The molecule has 1 amide bonds. The van der Waals surface area contributed by atoms with Crippen LogP contribution in [0, 0.1) is 6.92 Å². The van der Waals surface area contributed by atoms with Crippen molar-refractivity contribution < 1.29 is 4.79 Å². The topological polar surface area (TPSA) is 50.2 Å². The number of anilines is 1. The maximum atomic E-state index is 12.4. The van der Waals surface area contributed by atoms with Crippen LogP contribution in [0.2, 0.25) is 0 Å². The number of aryl methyl sites for hydroxylation is 2. The molecular formula is C14H24N4O. The monoisotopic (exact) mass is 264 g/mol. The molecule has 0 spiro atoms. The maximum absolute atomic E-state index is 12.4. The Morgan fingerprint density at radius 2 is 1.95 bits per heavy atom. The number of carbonyl (C=O) groups excluding carboxylic acids is 1. The average molecular weight is 264 g/mol. The van der Waals surface area contributed by atoms with Gasteiger partial charge in [-0.3, -0.25) is 9.48 Å². The molecule has 1 N–H and O–H groups in total. The van der Waals surface area contributed by atoms with E-state index in [9.17, 15) is 4.79 Å². The second-order valence-corrected chi connectivity index (χ2v) is 5.41. The van der Waals surface area contributed by atoms with Crippen LogP contribution in [0.25, 0.3) is 0 Å². The van der Waals surface area contributed by atoms with Crippen molar-refractivity contribution in [3.05, 3.63) is 11.9 Å². The van der Waals surface area contributed by atoms with Gasteiger partial charge in [0.15, 0.2) is 0 Å². The van der Waals surface area contributed by atoms with Crippen molar-refractivity contribution in [2.45, 2.75) is 45.6 Å². The van der Waals surface area contributed by atoms with Crippen LogP contribution in [0.1, 0.15) is 38.3 Å². The predicted molar refractivity (Wildman–Crippen MR) is 76.1 cm³/mol. The van der Waals surface area contributed by atoms with Crippen molar-refractivity contribution >= 4 is 11.6 Å². The third kappa shape index (κ3) is 3.49. The van der Waals surface area contributed by atoms with Gasteiger partial charge in [-0.2, -0.15) is 5.10 Å². The molecule has 1 atom stereocenters. The molecule has 2 heterocycles. The molecule has 1 aliphatic heterocycles. The molecule has 106 valence electrons. The van der Waals surface area contributed by atoms with Crippen LogP contribution in [0.15, 0.2) is 6.20 Å². The minimum Gasteiger partial charge on any atom is -0.371 e. The summed E-state index contributed by atoms with van der Waals surface area (Å²) in [6, 6.07) is -0.194. The number of aromatic nitrogens is 2. The normalized spacial score (nSPS) is 17.9. The second-order valence-electron chi connectivity index (χ2n) is 5.41. The standard InChI is InChI=1S/C14H24N4O/c1-11-13(10-17(3)16-11)15-12(2)14(19)18-8-6-4-5-7-9-18/h10,12,15H,4-9H2,1-3H3. The van der Waals surface area contributed by atoms with E-state index < -0.39 is 0 Å². The number of hydrogen-bond donors (Lipinski definition) is 1. The summed E-state index contributed by atoms with van der Waals surface area (Å²) in [6.45, 7) is 5.68. The fraction of sp³-hybridized carbons (Fsp3) is 0.714. The largest absolute Gasteiger partial charge is 0.371 e. The quantitative estimate of drug-likeness (QED) is 0.907. The summed E-state index contributed by atoms with van der Waals surface area (Å²) in [6.07, 6.45) is 6.66. The van der Waals surface area contributed by atoms with Gasteiger partial charge in [0, 0.05) is 26.3 Å². The SMILES string of the molecule is Cc1nn(C)cc1NC(C)C(=O)N1CCCCCC1. The van der Waals surface area contributed by atoms with E-state index in [4.69, 9.17) is 0 Å². The molecule has 1 saturated heterocycles. The van der Waals surface area contributed by atoms with Crippen LogP contribution in [0.3, 0.4) is 0 Å². The van der Waals surface area contributed by atoms with Crippen LogP contribution in [0.4, 0.5) is 5.69 Å². The molecule has 19 heavy (non-hydrogen) atoms. The lowest BCUT2D eigenvalue weighted by molar-refractivity contribution is -0.131. The van der Waals surface area contributed by atoms with Gasteiger partial charge in [-0.05, 0) is 26.7 Å². The molecule has 1 unspecified atom stereocenters. The van der Waals surface area contributed by atoms with Gasteiger partial charge in [-0.25, -0.2) is 0 Å². The minimum atomic E-state index is -0.194. The summed E-state index contributed by atoms with van der Waals surface area (Å²) < 4.78 is 1.76. The molecule has 1 aliphatic rings. The van der Waals surface area contributed by atoms with E-state index in [1.807, 2.05) is 32.0 Å². The highest BCUT2D eigenvalue weighted by molar-refractivity contribution is 5.84. The Morgan fingerprint density at radius 1 is 1.32 bits per heavy atom. The molecule has 1 aromatic rings. The van der Waals surface area contributed by atoms with E-state index in [2.05, 4.69) is 10.4 Å². The Balaban J connectivity index is 1.96. The predicted octanol–water partition coefficient (Wildman–Crippen LogP) is 1.93. The van der Waals surface area contributed by atoms with E-state index in [0.29, 0.717) is 0 Å². The Morgan fingerprint density at radius 3 is 2.47 bits per heavy atom. The minimum absolute atomic E-state index is 0.194. The zero-order chi connectivity index (χ0) is 13.8. The molecule has 0 saturated carbocycles. The smallest absolute Gasteiger partial charge is 0.244 e. The molecule has 5 nitrogen and oxygen atoms in total. The first-order chi connectivity index (χ1) is 9.08. The number of nitrogens with one attached hydrogen (secondary N) is 1. The van der Waals surface area contributed by atoms with Crippen molar-refractivity contribution in [1.29, 1.82) is 0 Å². The fourth-order valence-electron chi connectivity index (χ4n) is 2.60. The molecule has 2 rings (SSSR count). The highest BCUT2D eigenvalue weighted by atomic mass is 16.2. The highest BCUT2D eigenvalue weighted by Crippen LogP contribution is 2.15. The summed E-state index contributed by atoms with van der Waals surface area (Å²) in [5.41, 5.74) is 1.87. The van der Waals surface area contributed by atoms with Crippen molar-refractivity contribution in [3.8, 4) is 0 Å². The average Bonchev–Trinajstić information content (AvgIpc) is 2.61. The fourth-order valence-corrected chi connectivity index (χ4v) is 2.60. The Bertz CT molecular complexity index is 433. The third-order valence-corrected chi connectivity index (χ3v) is 3.67. The van der Waals surface area contributed by atoms with Gasteiger partial charge in [-0.1, -0.05) is 12.8 Å². The third-order valence-electron chi connectivity index (χ3n) is 3.67. The van der Waals surface area contributed by atoms with Crippen LogP contribution < -0.4 is 5.32 Å². The van der Waals surface area contributed by atoms with Gasteiger partial charge in [-0.15, -0.1) is 0 Å². The van der Waals surface area contributed by atoms with E-state index in [1.165, 1.54) is 12.8 Å². The van der Waals surface area contributed by atoms with E-state index in [-0.39, 0.29) is 11.9 Å². The molecular weight excluding hydrogens is 240 g/mol. The zero-order valence-electron chi connectivity index (χ0n) is 12.1. The molecule has 5 heteroatoms. The second kappa shape index (κ2) is 6.08. The van der Waals surface area contributed by atoms with Crippen LogP contribution in [-0.4, -0.2) is 39.7 Å².